The number of nitrogens with zero attached hydrogens (tertiary/aromatic N) is 4. The molecule has 1 amide bonds. The minimum absolute atomic E-state index is 0.206. The molecule has 0 radical (unpaired) electrons. The molecule has 2 heterocycles. The van der Waals surface area contributed by atoms with E-state index < -0.39 is 5.56 Å². The summed E-state index contributed by atoms with van der Waals surface area (Å²) in [7, 11) is 1.60. The molecular formula is C21H18ClN5O3. The van der Waals surface area contributed by atoms with Crippen molar-refractivity contribution in [2.45, 2.75) is 13.1 Å². The molecule has 4 rings (SSSR count). The van der Waals surface area contributed by atoms with Crippen LogP contribution in [0.15, 0.2) is 65.7 Å². The number of methoxy groups -OCH3 is 1. The van der Waals surface area contributed by atoms with Crippen molar-refractivity contribution < 1.29 is 9.53 Å². The number of benzene rings is 2. The summed E-state index contributed by atoms with van der Waals surface area (Å²) in [6, 6.07) is 16.3. The lowest BCUT2D eigenvalue weighted by atomic mass is 10.1. The highest BCUT2D eigenvalue weighted by atomic mass is 35.5. The predicted octanol–water partition coefficient (Wildman–Crippen LogP) is 2.54. The summed E-state index contributed by atoms with van der Waals surface area (Å²) in [5, 5.41) is 11.8. The fourth-order valence-electron chi connectivity index (χ4n) is 2.98. The summed E-state index contributed by atoms with van der Waals surface area (Å²) in [5.41, 5.74) is 2.18. The average molecular weight is 424 g/mol. The van der Waals surface area contributed by atoms with Gasteiger partial charge in [-0.3, -0.25) is 9.59 Å². The van der Waals surface area contributed by atoms with Gasteiger partial charge in [-0.05, 0) is 42.0 Å². The molecule has 0 aliphatic carbocycles. The van der Waals surface area contributed by atoms with Crippen LogP contribution in [0, 0.1) is 0 Å². The molecule has 9 heteroatoms. The third kappa shape index (κ3) is 4.04. The zero-order valence-corrected chi connectivity index (χ0v) is 16.8. The standard InChI is InChI=1S/C21H18ClN5O3/c1-30-16-8-6-14(7-9-16)18-10-19-21(29)26(24-13-27(19)25-18)12-20(28)23-11-15-4-2-3-5-17(15)22/h2-10,13H,11-12H2,1H3,(H,23,28). The van der Waals surface area contributed by atoms with Crippen LogP contribution >= 0.6 is 11.6 Å². The van der Waals surface area contributed by atoms with Crippen molar-refractivity contribution in [2.75, 3.05) is 7.11 Å². The third-order valence-corrected chi connectivity index (χ3v) is 4.97. The number of hydrogen-bond acceptors (Lipinski definition) is 5. The molecule has 30 heavy (non-hydrogen) atoms. The number of aromatic nitrogens is 4. The van der Waals surface area contributed by atoms with Crippen LogP contribution in [-0.2, 0) is 17.9 Å². The van der Waals surface area contributed by atoms with Gasteiger partial charge >= 0.3 is 0 Å². The first-order valence-corrected chi connectivity index (χ1v) is 9.53. The Morgan fingerprint density at radius 1 is 1.17 bits per heavy atom. The highest BCUT2D eigenvalue weighted by Crippen LogP contribution is 2.21. The van der Waals surface area contributed by atoms with E-state index in [-0.39, 0.29) is 19.0 Å². The number of halogens is 1. The smallest absolute Gasteiger partial charge is 0.293 e. The second kappa shape index (κ2) is 8.38. The first kappa shape index (κ1) is 19.7. The van der Waals surface area contributed by atoms with Gasteiger partial charge in [0, 0.05) is 17.1 Å². The van der Waals surface area contributed by atoms with E-state index >= 15 is 0 Å². The van der Waals surface area contributed by atoms with Crippen LogP contribution in [0.1, 0.15) is 5.56 Å². The van der Waals surface area contributed by atoms with Crippen LogP contribution in [-0.4, -0.2) is 32.4 Å². The number of carbonyl (C=O) groups excluding carboxylic acids is 1. The van der Waals surface area contributed by atoms with Crippen molar-refractivity contribution in [1.82, 2.24) is 24.7 Å². The molecule has 8 nitrogen and oxygen atoms in total. The molecule has 0 unspecified atom stereocenters. The molecule has 2 aromatic heterocycles. The second-order valence-corrected chi connectivity index (χ2v) is 6.96. The fourth-order valence-corrected chi connectivity index (χ4v) is 3.18. The minimum Gasteiger partial charge on any atom is -0.497 e. The van der Waals surface area contributed by atoms with E-state index in [2.05, 4.69) is 15.5 Å². The molecule has 0 fully saturated rings. The van der Waals surface area contributed by atoms with E-state index in [1.165, 1.54) is 10.8 Å². The number of ether oxygens (including phenoxy) is 1. The number of amides is 1. The highest BCUT2D eigenvalue weighted by Gasteiger charge is 2.12. The molecule has 4 aromatic rings. The van der Waals surface area contributed by atoms with Crippen LogP contribution < -0.4 is 15.6 Å². The first-order valence-electron chi connectivity index (χ1n) is 9.15. The summed E-state index contributed by atoms with van der Waals surface area (Å²) in [6.45, 7) is 0.0621. The van der Waals surface area contributed by atoms with Gasteiger partial charge in [0.05, 0.1) is 12.8 Å². The normalized spacial score (nSPS) is 10.9. The molecule has 0 bridgehead atoms. The lowest BCUT2D eigenvalue weighted by Crippen LogP contribution is -2.34. The molecule has 0 aliphatic heterocycles. The molecule has 2 aromatic carbocycles. The molecule has 0 atom stereocenters. The van der Waals surface area contributed by atoms with Gasteiger partial charge < -0.3 is 10.1 Å². The highest BCUT2D eigenvalue weighted by molar-refractivity contribution is 6.31. The van der Waals surface area contributed by atoms with Crippen molar-refractivity contribution in [2.24, 2.45) is 0 Å². The molecule has 152 valence electrons. The monoisotopic (exact) mass is 423 g/mol. The largest absolute Gasteiger partial charge is 0.497 e. The van der Waals surface area contributed by atoms with Crippen molar-refractivity contribution in [3.63, 3.8) is 0 Å². The summed E-state index contributed by atoms with van der Waals surface area (Å²) in [4.78, 5) is 25.0. The second-order valence-electron chi connectivity index (χ2n) is 6.55. The summed E-state index contributed by atoms with van der Waals surface area (Å²) in [6.07, 6.45) is 1.41. The van der Waals surface area contributed by atoms with Crippen LogP contribution in [0.5, 0.6) is 5.75 Å². The number of nitrogens with one attached hydrogen (secondary N) is 1. The lowest BCUT2D eigenvalue weighted by Gasteiger charge is -2.08. The van der Waals surface area contributed by atoms with Crippen molar-refractivity contribution >= 4 is 23.0 Å². The van der Waals surface area contributed by atoms with Gasteiger partial charge in [-0.15, -0.1) is 0 Å². The van der Waals surface area contributed by atoms with Crippen molar-refractivity contribution in [1.29, 1.82) is 0 Å². The Labute approximate surface area is 176 Å². The van der Waals surface area contributed by atoms with Gasteiger partial charge in [0.1, 0.15) is 24.1 Å². The van der Waals surface area contributed by atoms with Gasteiger partial charge in [0.2, 0.25) is 5.91 Å². The van der Waals surface area contributed by atoms with Crippen LogP contribution in [0.3, 0.4) is 0 Å². The summed E-state index contributed by atoms with van der Waals surface area (Å²) in [5.74, 6) is 0.387. The Morgan fingerprint density at radius 2 is 1.93 bits per heavy atom. The molecule has 0 spiro atoms. The van der Waals surface area contributed by atoms with Crippen LogP contribution in [0.25, 0.3) is 16.8 Å². The van der Waals surface area contributed by atoms with Gasteiger partial charge in [-0.25, -0.2) is 9.20 Å². The van der Waals surface area contributed by atoms with Gasteiger partial charge in [0.25, 0.3) is 5.56 Å². The number of rotatable bonds is 6. The number of carbonyl (C=O) groups is 1. The van der Waals surface area contributed by atoms with Crippen molar-refractivity contribution in [3.05, 3.63) is 81.9 Å². The van der Waals surface area contributed by atoms with Gasteiger partial charge in [-0.1, -0.05) is 29.8 Å². The Balaban J connectivity index is 1.52. The Bertz CT molecular complexity index is 1260. The fraction of sp³-hybridized carbons (Fsp3) is 0.143. The SMILES string of the molecule is COc1ccc(-c2cc3c(=O)n(CC(=O)NCc4ccccc4Cl)ncn3n2)cc1. The van der Waals surface area contributed by atoms with Crippen LogP contribution in [0.2, 0.25) is 5.02 Å². The van der Waals surface area contributed by atoms with Crippen LogP contribution in [0.4, 0.5) is 0 Å². The van der Waals surface area contributed by atoms with E-state index in [1.807, 2.05) is 42.5 Å². The first-order chi connectivity index (χ1) is 14.5. The Morgan fingerprint density at radius 3 is 2.67 bits per heavy atom. The zero-order valence-electron chi connectivity index (χ0n) is 16.1. The van der Waals surface area contributed by atoms with E-state index in [0.29, 0.717) is 16.2 Å². The number of hydrogen-bond donors (Lipinski definition) is 1. The van der Waals surface area contributed by atoms with Gasteiger partial charge in [-0.2, -0.15) is 10.2 Å². The molecule has 0 aliphatic rings. The maximum Gasteiger partial charge on any atom is 0.293 e. The van der Waals surface area contributed by atoms with E-state index in [9.17, 15) is 9.59 Å². The number of fused-ring (bicyclic) bond motifs is 1. The lowest BCUT2D eigenvalue weighted by molar-refractivity contribution is -0.122. The van der Waals surface area contributed by atoms with Gasteiger partial charge in [0.15, 0.2) is 0 Å². The quantitative estimate of drug-likeness (QED) is 0.514. The predicted molar refractivity (Wildman–Crippen MR) is 113 cm³/mol. The van der Waals surface area contributed by atoms with E-state index in [0.717, 1.165) is 21.6 Å². The van der Waals surface area contributed by atoms with E-state index in [4.69, 9.17) is 16.3 Å². The maximum absolute atomic E-state index is 12.8. The van der Waals surface area contributed by atoms with E-state index in [1.54, 1.807) is 19.2 Å². The zero-order chi connectivity index (χ0) is 21.1. The molecule has 0 saturated heterocycles. The minimum atomic E-state index is -0.405. The third-order valence-electron chi connectivity index (χ3n) is 4.60. The Kier molecular flexibility index (Phi) is 5.49. The Hall–Kier alpha value is -3.65. The molecule has 1 N–H and O–H groups in total. The summed E-state index contributed by atoms with van der Waals surface area (Å²) < 4.78 is 7.67. The summed E-state index contributed by atoms with van der Waals surface area (Å²) >= 11 is 6.09. The average Bonchev–Trinajstić information content (AvgIpc) is 3.20. The maximum atomic E-state index is 12.8. The molecule has 0 saturated carbocycles. The molecular weight excluding hydrogens is 406 g/mol. The topological polar surface area (TPSA) is 90.5 Å². The van der Waals surface area contributed by atoms with Crippen molar-refractivity contribution in [3.8, 4) is 17.0 Å².